The lowest BCUT2D eigenvalue weighted by atomic mass is 10.1. The van der Waals surface area contributed by atoms with Crippen LogP contribution in [0.3, 0.4) is 0 Å². The van der Waals surface area contributed by atoms with Crippen LogP contribution in [0.4, 0.5) is 0 Å². The number of carbonyl (C=O) groups is 1. The van der Waals surface area contributed by atoms with E-state index in [1.807, 2.05) is 0 Å². The average Bonchev–Trinajstić information content (AvgIpc) is 2.36. The van der Waals surface area contributed by atoms with E-state index in [0.29, 0.717) is 22.6 Å². The lowest BCUT2D eigenvalue weighted by Gasteiger charge is -2.08. The second kappa shape index (κ2) is 4.59. The molecule has 0 saturated carbocycles. The molecule has 0 bridgehead atoms. The number of ether oxygens (including phenoxy) is 2. The van der Waals surface area contributed by atoms with E-state index in [2.05, 4.69) is 4.98 Å². The third-order valence-electron chi connectivity index (χ3n) is 2.40. The maximum atomic E-state index is 10.8. The van der Waals surface area contributed by atoms with Crippen LogP contribution in [-0.4, -0.2) is 25.5 Å². The molecule has 0 spiro atoms. The van der Waals surface area contributed by atoms with Crippen LogP contribution in [-0.2, 0) is 0 Å². The molecular weight excluding hydrogens is 242 g/mol. The van der Waals surface area contributed by atoms with Crippen LogP contribution in [0.1, 0.15) is 10.4 Å². The van der Waals surface area contributed by atoms with Crippen molar-refractivity contribution in [1.82, 2.24) is 4.98 Å². The van der Waals surface area contributed by atoms with Gasteiger partial charge in [-0.3, -0.25) is 4.79 Å². The molecule has 1 aromatic carbocycles. The van der Waals surface area contributed by atoms with Crippen molar-refractivity contribution in [2.45, 2.75) is 0 Å². The van der Waals surface area contributed by atoms with Crippen LogP contribution in [0.25, 0.3) is 10.9 Å². The van der Waals surface area contributed by atoms with Gasteiger partial charge in [-0.1, -0.05) is 11.6 Å². The summed E-state index contributed by atoms with van der Waals surface area (Å²) in [6, 6.07) is 5.04. The van der Waals surface area contributed by atoms with E-state index < -0.39 is 0 Å². The smallest absolute Gasteiger partial charge is 0.171 e. The lowest BCUT2D eigenvalue weighted by Crippen LogP contribution is -1.93. The molecule has 0 atom stereocenters. The maximum Gasteiger partial charge on any atom is 0.171 e. The Morgan fingerprint density at radius 3 is 2.47 bits per heavy atom. The van der Waals surface area contributed by atoms with E-state index in [4.69, 9.17) is 21.1 Å². The summed E-state index contributed by atoms with van der Waals surface area (Å²) in [5, 5.41) is 1.00. The molecular formula is C12H10ClNO3. The van der Waals surface area contributed by atoms with E-state index in [1.165, 1.54) is 14.2 Å². The molecule has 0 aliphatic carbocycles. The fourth-order valence-corrected chi connectivity index (χ4v) is 1.82. The molecule has 0 saturated heterocycles. The number of aldehydes is 1. The monoisotopic (exact) mass is 251 g/mol. The Morgan fingerprint density at radius 1 is 1.18 bits per heavy atom. The summed E-state index contributed by atoms with van der Waals surface area (Å²) < 4.78 is 10.3. The third kappa shape index (κ3) is 2.03. The Morgan fingerprint density at radius 2 is 1.88 bits per heavy atom. The van der Waals surface area contributed by atoms with Gasteiger partial charge >= 0.3 is 0 Å². The number of hydrogen-bond donors (Lipinski definition) is 0. The predicted octanol–water partition coefficient (Wildman–Crippen LogP) is 2.72. The van der Waals surface area contributed by atoms with Crippen LogP contribution in [0.5, 0.6) is 11.5 Å². The molecule has 1 heterocycles. The standard InChI is InChI=1S/C12H10ClNO3/c1-16-9-4-7(6-15)3-8-5-10(17-2)12(13)14-11(8)9/h3-6H,1-2H3. The highest BCUT2D eigenvalue weighted by atomic mass is 35.5. The van der Waals surface area contributed by atoms with E-state index in [0.717, 1.165) is 11.7 Å². The van der Waals surface area contributed by atoms with Gasteiger partial charge in [0.05, 0.1) is 14.2 Å². The summed E-state index contributed by atoms with van der Waals surface area (Å²) in [6.45, 7) is 0. The topological polar surface area (TPSA) is 48.4 Å². The number of hydrogen-bond acceptors (Lipinski definition) is 4. The van der Waals surface area contributed by atoms with Crippen molar-refractivity contribution in [3.8, 4) is 11.5 Å². The van der Waals surface area contributed by atoms with Crippen LogP contribution in [0.2, 0.25) is 5.15 Å². The van der Waals surface area contributed by atoms with Crippen molar-refractivity contribution < 1.29 is 14.3 Å². The van der Waals surface area contributed by atoms with Gasteiger partial charge in [0, 0.05) is 10.9 Å². The zero-order valence-corrected chi connectivity index (χ0v) is 10.1. The first kappa shape index (κ1) is 11.7. The number of aromatic nitrogens is 1. The molecule has 0 fully saturated rings. The second-order valence-electron chi connectivity index (χ2n) is 3.39. The highest BCUT2D eigenvalue weighted by Crippen LogP contribution is 2.32. The Balaban J connectivity index is 2.79. The van der Waals surface area contributed by atoms with Crippen LogP contribution in [0.15, 0.2) is 18.2 Å². The number of pyridine rings is 1. The minimum absolute atomic E-state index is 0.261. The Bertz CT molecular complexity index is 583. The molecule has 1 aromatic heterocycles. The van der Waals surface area contributed by atoms with Crippen molar-refractivity contribution in [1.29, 1.82) is 0 Å². The Hall–Kier alpha value is -1.81. The van der Waals surface area contributed by atoms with Gasteiger partial charge in [0.15, 0.2) is 10.9 Å². The van der Waals surface area contributed by atoms with Gasteiger partial charge in [0.25, 0.3) is 0 Å². The highest BCUT2D eigenvalue weighted by molar-refractivity contribution is 6.31. The van der Waals surface area contributed by atoms with E-state index in [-0.39, 0.29) is 5.15 Å². The molecule has 5 heteroatoms. The lowest BCUT2D eigenvalue weighted by molar-refractivity contribution is 0.112. The van der Waals surface area contributed by atoms with Crippen molar-refractivity contribution in [2.24, 2.45) is 0 Å². The molecule has 2 aromatic rings. The van der Waals surface area contributed by atoms with Gasteiger partial charge in [-0.15, -0.1) is 0 Å². The molecule has 0 N–H and O–H groups in total. The highest BCUT2D eigenvalue weighted by Gasteiger charge is 2.10. The molecule has 0 aliphatic rings. The molecule has 0 aliphatic heterocycles. The third-order valence-corrected chi connectivity index (χ3v) is 2.67. The first-order valence-electron chi connectivity index (χ1n) is 4.87. The molecule has 2 rings (SSSR count). The zero-order valence-electron chi connectivity index (χ0n) is 9.36. The van der Waals surface area contributed by atoms with E-state index in [1.54, 1.807) is 18.2 Å². The largest absolute Gasteiger partial charge is 0.494 e. The van der Waals surface area contributed by atoms with Gasteiger partial charge in [0.2, 0.25) is 0 Å². The molecule has 17 heavy (non-hydrogen) atoms. The summed E-state index contributed by atoms with van der Waals surface area (Å²) in [6.07, 6.45) is 0.753. The maximum absolute atomic E-state index is 10.8. The number of carbonyl (C=O) groups excluding carboxylic acids is 1. The number of halogens is 1. The minimum atomic E-state index is 0.261. The Labute approximate surface area is 103 Å². The first-order valence-corrected chi connectivity index (χ1v) is 5.25. The summed E-state index contributed by atoms with van der Waals surface area (Å²) in [5.74, 6) is 0.971. The average molecular weight is 252 g/mol. The minimum Gasteiger partial charge on any atom is -0.494 e. The molecule has 0 unspecified atom stereocenters. The molecule has 88 valence electrons. The van der Waals surface area contributed by atoms with Crippen molar-refractivity contribution >= 4 is 28.8 Å². The van der Waals surface area contributed by atoms with E-state index in [9.17, 15) is 4.79 Å². The number of methoxy groups -OCH3 is 2. The summed E-state index contributed by atoms with van der Waals surface area (Å²) in [7, 11) is 3.03. The Kier molecular flexibility index (Phi) is 3.15. The summed E-state index contributed by atoms with van der Waals surface area (Å²) in [5.41, 5.74) is 1.12. The van der Waals surface area contributed by atoms with Crippen LogP contribution < -0.4 is 9.47 Å². The SMILES string of the molecule is COc1cc2cc(C=O)cc(OC)c2nc1Cl. The van der Waals surface area contributed by atoms with Crippen molar-refractivity contribution in [3.05, 3.63) is 28.9 Å². The fraction of sp³-hybridized carbons (Fsp3) is 0.167. The van der Waals surface area contributed by atoms with Gasteiger partial charge in [-0.25, -0.2) is 4.98 Å². The normalized spacial score (nSPS) is 10.3. The van der Waals surface area contributed by atoms with Crippen molar-refractivity contribution in [2.75, 3.05) is 14.2 Å². The second-order valence-corrected chi connectivity index (χ2v) is 3.75. The summed E-state index contributed by atoms with van der Waals surface area (Å²) >= 11 is 5.94. The van der Waals surface area contributed by atoms with Crippen molar-refractivity contribution in [3.63, 3.8) is 0 Å². The summed E-state index contributed by atoms with van der Waals surface area (Å²) in [4.78, 5) is 15.0. The molecule has 0 radical (unpaired) electrons. The van der Waals surface area contributed by atoms with Gasteiger partial charge in [-0.2, -0.15) is 0 Å². The predicted molar refractivity (Wildman–Crippen MR) is 65.2 cm³/mol. The number of benzene rings is 1. The van der Waals surface area contributed by atoms with Gasteiger partial charge < -0.3 is 9.47 Å². The number of rotatable bonds is 3. The van der Waals surface area contributed by atoms with E-state index >= 15 is 0 Å². The zero-order chi connectivity index (χ0) is 12.4. The van der Waals surface area contributed by atoms with Crippen LogP contribution in [0, 0.1) is 0 Å². The van der Waals surface area contributed by atoms with Gasteiger partial charge in [-0.05, 0) is 18.2 Å². The quantitative estimate of drug-likeness (QED) is 0.622. The number of fused-ring (bicyclic) bond motifs is 1. The first-order chi connectivity index (χ1) is 8.19. The fourth-order valence-electron chi connectivity index (χ4n) is 1.60. The van der Waals surface area contributed by atoms with Gasteiger partial charge in [0.1, 0.15) is 17.6 Å². The number of nitrogens with zero attached hydrogens (tertiary/aromatic N) is 1. The van der Waals surface area contributed by atoms with Crippen LogP contribution >= 0.6 is 11.6 Å². The molecule has 4 nitrogen and oxygen atoms in total. The molecule has 0 amide bonds.